The zero-order valence-electron chi connectivity index (χ0n) is 12.2. The number of hydrazone groups is 1. The van der Waals surface area contributed by atoms with Crippen molar-refractivity contribution < 1.29 is 19.1 Å². The summed E-state index contributed by atoms with van der Waals surface area (Å²) in [7, 11) is 0. The van der Waals surface area contributed by atoms with E-state index in [0.717, 1.165) is 10.5 Å². The van der Waals surface area contributed by atoms with Crippen LogP contribution in [0.4, 0.5) is 5.69 Å². The molecule has 1 saturated heterocycles. The van der Waals surface area contributed by atoms with Crippen molar-refractivity contribution in [2.24, 2.45) is 11.0 Å². The van der Waals surface area contributed by atoms with Crippen LogP contribution in [-0.2, 0) is 19.1 Å². The molecule has 1 aromatic carbocycles. The van der Waals surface area contributed by atoms with E-state index in [1.54, 1.807) is 19.1 Å². The zero-order chi connectivity index (χ0) is 15.9. The summed E-state index contributed by atoms with van der Waals surface area (Å²) < 4.78 is 4.89. The number of anilines is 1. The SMILES string of the molecule is CCOC(=O)C1=NN[C@H]2C(=O)N(c3ccccc3C)C(=O)[C@H]12. The van der Waals surface area contributed by atoms with Gasteiger partial charge in [-0.25, -0.2) is 9.69 Å². The van der Waals surface area contributed by atoms with E-state index in [9.17, 15) is 14.4 Å². The summed E-state index contributed by atoms with van der Waals surface area (Å²) in [5, 5.41) is 3.81. The Balaban J connectivity index is 1.95. The van der Waals surface area contributed by atoms with Gasteiger partial charge in [0.05, 0.1) is 12.3 Å². The fourth-order valence-corrected chi connectivity index (χ4v) is 2.71. The summed E-state index contributed by atoms with van der Waals surface area (Å²) in [6.45, 7) is 3.66. The van der Waals surface area contributed by atoms with Crippen molar-refractivity contribution in [3.05, 3.63) is 29.8 Å². The number of imide groups is 1. The van der Waals surface area contributed by atoms with Crippen LogP contribution in [-0.4, -0.2) is 36.1 Å². The Kier molecular flexibility index (Phi) is 3.40. The number of benzene rings is 1. The second kappa shape index (κ2) is 5.25. The van der Waals surface area contributed by atoms with Gasteiger partial charge in [0.15, 0.2) is 5.71 Å². The van der Waals surface area contributed by atoms with Crippen LogP contribution in [0.3, 0.4) is 0 Å². The van der Waals surface area contributed by atoms with E-state index in [1.165, 1.54) is 0 Å². The molecule has 0 aromatic heterocycles. The van der Waals surface area contributed by atoms with Crippen LogP contribution in [0.25, 0.3) is 0 Å². The third kappa shape index (κ3) is 1.97. The molecule has 1 N–H and O–H groups in total. The van der Waals surface area contributed by atoms with Crippen LogP contribution in [0.2, 0.25) is 0 Å². The lowest BCUT2D eigenvalue weighted by atomic mass is 9.99. The minimum atomic E-state index is -0.925. The van der Waals surface area contributed by atoms with Gasteiger partial charge in [0.1, 0.15) is 12.0 Å². The van der Waals surface area contributed by atoms with Gasteiger partial charge in [-0.05, 0) is 25.5 Å². The number of fused-ring (bicyclic) bond motifs is 1. The fraction of sp³-hybridized carbons (Fsp3) is 0.333. The first kappa shape index (κ1) is 14.2. The van der Waals surface area contributed by atoms with E-state index in [1.807, 2.05) is 19.1 Å². The minimum Gasteiger partial charge on any atom is -0.461 e. The second-order valence-electron chi connectivity index (χ2n) is 5.10. The molecular formula is C15H15N3O4. The van der Waals surface area contributed by atoms with E-state index in [2.05, 4.69) is 10.5 Å². The highest BCUT2D eigenvalue weighted by Crippen LogP contribution is 2.32. The van der Waals surface area contributed by atoms with Gasteiger partial charge in [0, 0.05) is 0 Å². The van der Waals surface area contributed by atoms with E-state index >= 15 is 0 Å². The van der Waals surface area contributed by atoms with Gasteiger partial charge >= 0.3 is 5.97 Å². The number of rotatable bonds is 3. The third-order valence-corrected chi connectivity index (χ3v) is 3.77. The van der Waals surface area contributed by atoms with Crippen LogP contribution in [0, 0.1) is 12.8 Å². The molecule has 22 heavy (non-hydrogen) atoms. The Hall–Kier alpha value is -2.70. The summed E-state index contributed by atoms with van der Waals surface area (Å²) in [6, 6.07) is 6.26. The lowest BCUT2D eigenvalue weighted by molar-refractivity contribution is -0.136. The van der Waals surface area contributed by atoms with Crippen molar-refractivity contribution >= 4 is 29.2 Å². The number of nitrogens with one attached hydrogen (secondary N) is 1. The summed E-state index contributed by atoms with van der Waals surface area (Å²) in [5.74, 6) is -2.46. The highest BCUT2D eigenvalue weighted by Gasteiger charge is 2.55. The molecule has 2 atom stereocenters. The molecule has 0 aliphatic carbocycles. The van der Waals surface area contributed by atoms with Crippen molar-refractivity contribution in [1.82, 2.24) is 5.43 Å². The average molecular weight is 301 g/mol. The second-order valence-corrected chi connectivity index (χ2v) is 5.10. The third-order valence-electron chi connectivity index (χ3n) is 3.77. The van der Waals surface area contributed by atoms with E-state index in [0.29, 0.717) is 5.69 Å². The number of amides is 2. The quantitative estimate of drug-likeness (QED) is 0.644. The lowest BCUT2D eigenvalue weighted by Crippen LogP contribution is -2.36. The Morgan fingerprint density at radius 3 is 2.73 bits per heavy atom. The molecule has 0 bridgehead atoms. The number of esters is 1. The number of para-hydroxylation sites is 1. The van der Waals surface area contributed by atoms with Crippen LogP contribution in [0.5, 0.6) is 0 Å². The fourth-order valence-electron chi connectivity index (χ4n) is 2.71. The Morgan fingerprint density at radius 1 is 1.32 bits per heavy atom. The topological polar surface area (TPSA) is 88.1 Å². The summed E-state index contributed by atoms with van der Waals surface area (Å²) in [5.41, 5.74) is 3.87. The highest BCUT2D eigenvalue weighted by atomic mass is 16.5. The van der Waals surface area contributed by atoms with Crippen molar-refractivity contribution in [3.8, 4) is 0 Å². The monoisotopic (exact) mass is 301 g/mol. The Bertz CT molecular complexity index is 698. The molecule has 7 heteroatoms. The van der Waals surface area contributed by atoms with Crippen molar-refractivity contribution in [1.29, 1.82) is 0 Å². The minimum absolute atomic E-state index is 0.0405. The molecule has 0 saturated carbocycles. The summed E-state index contributed by atoms with van der Waals surface area (Å²) in [4.78, 5) is 38.1. The first-order chi connectivity index (χ1) is 10.6. The van der Waals surface area contributed by atoms with Gasteiger partial charge in [-0.2, -0.15) is 5.10 Å². The number of nitrogens with zero attached hydrogens (tertiary/aromatic N) is 2. The standard InChI is InChI=1S/C15H15N3O4/c1-3-22-15(21)12-10-11(16-17-12)14(20)18(13(10)19)9-7-5-4-6-8(9)2/h4-7,10-11,16H,3H2,1-2H3/t10-,11+/m0/s1. The maximum Gasteiger partial charge on any atom is 0.355 e. The molecular weight excluding hydrogens is 286 g/mol. The highest BCUT2D eigenvalue weighted by molar-refractivity contribution is 6.46. The number of carbonyl (C=O) groups excluding carboxylic acids is 3. The molecule has 2 amide bonds. The van der Waals surface area contributed by atoms with Gasteiger partial charge in [-0.15, -0.1) is 0 Å². The molecule has 114 valence electrons. The first-order valence-corrected chi connectivity index (χ1v) is 7.00. The molecule has 7 nitrogen and oxygen atoms in total. The molecule has 3 rings (SSSR count). The number of carbonyl (C=O) groups is 3. The zero-order valence-corrected chi connectivity index (χ0v) is 12.2. The Labute approximate surface area is 126 Å². The molecule has 0 radical (unpaired) electrons. The maximum atomic E-state index is 12.6. The van der Waals surface area contributed by atoms with Crippen LogP contribution in [0.1, 0.15) is 12.5 Å². The molecule has 2 aliphatic rings. The van der Waals surface area contributed by atoms with Gasteiger partial charge in [0.2, 0.25) is 5.91 Å². The average Bonchev–Trinajstić information content (AvgIpc) is 3.02. The van der Waals surface area contributed by atoms with Gasteiger partial charge in [-0.3, -0.25) is 15.0 Å². The van der Waals surface area contributed by atoms with Crippen LogP contribution < -0.4 is 10.3 Å². The lowest BCUT2D eigenvalue weighted by Gasteiger charge is -2.17. The molecule has 0 unspecified atom stereocenters. The van der Waals surface area contributed by atoms with Gasteiger partial charge < -0.3 is 4.74 Å². The smallest absolute Gasteiger partial charge is 0.355 e. The predicted octanol–water partition coefficient (Wildman–Crippen LogP) is 0.375. The first-order valence-electron chi connectivity index (χ1n) is 7.00. The summed E-state index contributed by atoms with van der Waals surface area (Å²) in [6.07, 6.45) is 0. The summed E-state index contributed by atoms with van der Waals surface area (Å²) >= 11 is 0. The molecule has 2 heterocycles. The van der Waals surface area contributed by atoms with Crippen LogP contribution in [0.15, 0.2) is 29.4 Å². The maximum absolute atomic E-state index is 12.6. The van der Waals surface area contributed by atoms with Crippen molar-refractivity contribution in [2.45, 2.75) is 19.9 Å². The number of hydrogen-bond acceptors (Lipinski definition) is 6. The van der Waals surface area contributed by atoms with E-state index in [4.69, 9.17) is 4.74 Å². The van der Waals surface area contributed by atoms with Gasteiger partial charge in [-0.1, -0.05) is 18.2 Å². The van der Waals surface area contributed by atoms with Crippen molar-refractivity contribution in [3.63, 3.8) is 0 Å². The normalized spacial score (nSPS) is 23.2. The largest absolute Gasteiger partial charge is 0.461 e. The predicted molar refractivity (Wildman–Crippen MR) is 78.2 cm³/mol. The van der Waals surface area contributed by atoms with Gasteiger partial charge in [0.25, 0.3) is 5.91 Å². The van der Waals surface area contributed by atoms with Crippen LogP contribution >= 0.6 is 0 Å². The van der Waals surface area contributed by atoms with E-state index in [-0.39, 0.29) is 12.3 Å². The number of aryl methyl sites for hydroxylation is 1. The Morgan fingerprint density at radius 2 is 2.05 bits per heavy atom. The molecule has 1 aromatic rings. The van der Waals surface area contributed by atoms with E-state index < -0.39 is 29.7 Å². The molecule has 0 spiro atoms. The number of ether oxygens (including phenoxy) is 1. The molecule has 2 aliphatic heterocycles. The number of hydrogen-bond donors (Lipinski definition) is 1. The molecule has 1 fully saturated rings. The van der Waals surface area contributed by atoms with Crippen molar-refractivity contribution in [2.75, 3.05) is 11.5 Å².